The summed E-state index contributed by atoms with van der Waals surface area (Å²) in [4.78, 5) is 20.7. The van der Waals surface area contributed by atoms with Crippen molar-refractivity contribution in [1.82, 2.24) is 9.97 Å². The number of nitrogens with zero attached hydrogens (tertiary/aromatic N) is 2. The number of nitrogens with one attached hydrogen (secondary N) is 1. The molecule has 2 heterocycles. The van der Waals surface area contributed by atoms with E-state index in [0.717, 1.165) is 0 Å². The zero-order valence-electron chi connectivity index (χ0n) is 16.4. The first-order valence-corrected chi connectivity index (χ1v) is 10.2. The Kier molecular flexibility index (Phi) is 6.03. The van der Waals surface area contributed by atoms with Crippen molar-refractivity contribution in [3.05, 3.63) is 71.6 Å². The second-order valence-electron chi connectivity index (χ2n) is 6.56. The molecule has 158 valence electrons. The molecule has 0 bridgehead atoms. The van der Waals surface area contributed by atoms with Crippen molar-refractivity contribution in [2.24, 2.45) is 0 Å². The molecule has 1 N–H and O–H groups in total. The number of aryl methyl sites for hydroxylation is 1. The Morgan fingerprint density at radius 2 is 1.94 bits per heavy atom. The number of carbonyl (C=O) groups excluding carboxylic acids is 1. The molecule has 9 heteroatoms. The number of carbonyl (C=O) groups is 1. The zero-order chi connectivity index (χ0) is 21.8. The number of ether oxygens (including phenoxy) is 1. The largest absolute Gasteiger partial charge is 0.494 e. The number of hydrogen-bond donors (Lipinski definition) is 1. The number of oxazole rings is 1. The monoisotopic (exact) mass is 441 g/mol. The van der Waals surface area contributed by atoms with Gasteiger partial charge in [-0.2, -0.15) is 0 Å². The van der Waals surface area contributed by atoms with Gasteiger partial charge in [0.1, 0.15) is 5.82 Å². The van der Waals surface area contributed by atoms with Crippen molar-refractivity contribution < 1.29 is 22.7 Å². The van der Waals surface area contributed by atoms with Gasteiger partial charge in [0.05, 0.1) is 19.0 Å². The Morgan fingerprint density at radius 3 is 2.68 bits per heavy atom. The maximum Gasteiger partial charge on any atom is 0.226 e. The average molecular weight is 441 g/mol. The van der Waals surface area contributed by atoms with E-state index in [4.69, 9.17) is 9.15 Å². The number of rotatable bonds is 7. The molecule has 1 amide bonds. The number of methoxy groups -OCH3 is 1. The highest BCUT2D eigenvalue weighted by molar-refractivity contribution is 7.14. The van der Waals surface area contributed by atoms with Crippen LogP contribution in [0.1, 0.15) is 12.3 Å². The molecule has 2 aromatic heterocycles. The van der Waals surface area contributed by atoms with E-state index in [2.05, 4.69) is 15.3 Å². The van der Waals surface area contributed by atoms with Crippen molar-refractivity contribution >= 4 is 22.4 Å². The predicted octanol–water partition coefficient (Wildman–Crippen LogP) is 5.32. The number of thiazole rings is 1. The van der Waals surface area contributed by atoms with Crippen molar-refractivity contribution in [2.75, 3.05) is 12.4 Å². The van der Waals surface area contributed by atoms with Gasteiger partial charge in [-0.3, -0.25) is 4.79 Å². The highest BCUT2D eigenvalue weighted by Crippen LogP contribution is 2.28. The lowest BCUT2D eigenvalue weighted by Gasteiger charge is -2.03. The Morgan fingerprint density at radius 1 is 1.16 bits per heavy atom. The van der Waals surface area contributed by atoms with Gasteiger partial charge in [-0.25, -0.2) is 18.7 Å². The molecule has 4 aromatic rings. The molecular weight excluding hydrogens is 424 g/mol. The predicted molar refractivity (Wildman–Crippen MR) is 113 cm³/mol. The maximum atomic E-state index is 13.9. The van der Waals surface area contributed by atoms with Crippen LogP contribution in [0.15, 0.2) is 58.5 Å². The van der Waals surface area contributed by atoms with Gasteiger partial charge in [0, 0.05) is 29.3 Å². The van der Waals surface area contributed by atoms with Crippen LogP contribution in [0.3, 0.4) is 0 Å². The van der Waals surface area contributed by atoms with Gasteiger partial charge >= 0.3 is 0 Å². The van der Waals surface area contributed by atoms with Crippen LogP contribution in [0.4, 0.5) is 13.9 Å². The standard InChI is InChI=1S/C22H17F2N3O3S/c1-29-18-7-4-14(10-16(18)24)17-12-31-22(26-17)27-20(28)8-9-21-25-11-19(30-21)13-2-5-15(23)6-3-13/h2-7,10-12H,8-9H2,1H3,(H,26,27,28). The van der Waals surface area contributed by atoms with Crippen LogP contribution >= 0.6 is 11.3 Å². The molecule has 4 rings (SSSR count). The summed E-state index contributed by atoms with van der Waals surface area (Å²) in [6.45, 7) is 0. The Hall–Kier alpha value is -3.59. The second-order valence-corrected chi connectivity index (χ2v) is 7.42. The van der Waals surface area contributed by atoms with Crippen LogP contribution in [0.5, 0.6) is 5.75 Å². The summed E-state index contributed by atoms with van der Waals surface area (Å²) in [5, 5.41) is 4.87. The van der Waals surface area contributed by atoms with Gasteiger partial charge in [-0.05, 0) is 42.5 Å². The lowest BCUT2D eigenvalue weighted by Crippen LogP contribution is -2.12. The van der Waals surface area contributed by atoms with Gasteiger partial charge in [-0.15, -0.1) is 11.3 Å². The summed E-state index contributed by atoms with van der Waals surface area (Å²) in [7, 11) is 1.40. The molecule has 0 fully saturated rings. The number of halogens is 2. The molecule has 0 aliphatic rings. The number of anilines is 1. The van der Waals surface area contributed by atoms with Crippen LogP contribution in [-0.2, 0) is 11.2 Å². The Bertz CT molecular complexity index is 1200. The SMILES string of the molecule is COc1ccc(-c2csc(NC(=O)CCc3ncc(-c4ccc(F)cc4)o3)n2)cc1F. The van der Waals surface area contributed by atoms with E-state index in [1.54, 1.807) is 29.8 Å². The summed E-state index contributed by atoms with van der Waals surface area (Å²) in [6.07, 6.45) is 1.99. The molecule has 0 radical (unpaired) electrons. The van der Waals surface area contributed by atoms with Gasteiger partial charge in [0.15, 0.2) is 28.3 Å². The molecule has 31 heavy (non-hydrogen) atoms. The highest BCUT2D eigenvalue weighted by atomic mass is 32.1. The maximum absolute atomic E-state index is 13.9. The molecule has 0 aliphatic heterocycles. The van der Waals surface area contributed by atoms with E-state index >= 15 is 0 Å². The van der Waals surface area contributed by atoms with Crippen LogP contribution in [-0.4, -0.2) is 23.0 Å². The van der Waals surface area contributed by atoms with Gasteiger partial charge in [-0.1, -0.05) is 0 Å². The third-order valence-corrected chi connectivity index (χ3v) is 5.20. The third-order valence-electron chi connectivity index (χ3n) is 4.45. The smallest absolute Gasteiger partial charge is 0.226 e. The van der Waals surface area contributed by atoms with Crippen molar-refractivity contribution in [2.45, 2.75) is 12.8 Å². The molecule has 0 saturated carbocycles. The average Bonchev–Trinajstić information content (AvgIpc) is 3.43. The number of hydrogen-bond acceptors (Lipinski definition) is 6. The molecule has 0 spiro atoms. The summed E-state index contributed by atoms with van der Waals surface area (Å²) in [5.41, 5.74) is 1.84. The fraction of sp³-hybridized carbons (Fsp3) is 0.136. The molecule has 0 saturated heterocycles. The lowest BCUT2D eigenvalue weighted by molar-refractivity contribution is -0.116. The van der Waals surface area contributed by atoms with Gasteiger partial charge in [0.2, 0.25) is 5.91 Å². The van der Waals surface area contributed by atoms with E-state index in [1.807, 2.05) is 0 Å². The summed E-state index contributed by atoms with van der Waals surface area (Å²) >= 11 is 1.25. The molecule has 0 atom stereocenters. The molecule has 0 aliphatic carbocycles. The summed E-state index contributed by atoms with van der Waals surface area (Å²) in [5.74, 6) is 0.00634. The highest BCUT2D eigenvalue weighted by Gasteiger charge is 2.13. The van der Waals surface area contributed by atoms with Crippen LogP contribution in [0.2, 0.25) is 0 Å². The first-order valence-electron chi connectivity index (χ1n) is 9.32. The second kappa shape index (κ2) is 9.05. The van der Waals surface area contributed by atoms with Gasteiger partial charge in [0.25, 0.3) is 0 Å². The van der Waals surface area contributed by atoms with E-state index in [9.17, 15) is 13.6 Å². The van der Waals surface area contributed by atoms with E-state index in [1.165, 1.54) is 42.7 Å². The minimum atomic E-state index is -0.482. The number of aromatic nitrogens is 2. The summed E-state index contributed by atoms with van der Waals surface area (Å²) < 4.78 is 37.5. The van der Waals surface area contributed by atoms with Crippen molar-refractivity contribution in [3.8, 4) is 28.3 Å². The number of benzene rings is 2. The minimum Gasteiger partial charge on any atom is -0.494 e. The first kappa shape index (κ1) is 20.7. The van der Waals surface area contributed by atoms with Crippen LogP contribution < -0.4 is 10.1 Å². The van der Waals surface area contributed by atoms with E-state index in [-0.39, 0.29) is 23.9 Å². The van der Waals surface area contributed by atoms with Crippen LogP contribution in [0, 0.1) is 11.6 Å². The summed E-state index contributed by atoms with van der Waals surface area (Å²) in [6, 6.07) is 10.4. The first-order chi connectivity index (χ1) is 15.0. The number of amides is 1. The third kappa shape index (κ3) is 4.95. The molecular formula is C22H17F2N3O3S. The van der Waals surface area contributed by atoms with Crippen molar-refractivity contribution in [1.29, 1.82) is 0 Å². The quantitative estimate of drug-likeness (QED) is 0.420. The fourth-order valence-electron chi connectivity index (χ4n) is 2.87. The van der Waals surface area contributed by atoms with Crippen LogP contribution in [0.25, 0.3) is 22.6 Å². The molecule has 0 unspecified atom stereocenters. The fourth-order valence-corrected chi connectivity index (χ4v) is 3.60. The van der Waals surface area contributed by atoms with Crippen molar-refractivity contribution in [3.63, 3.8) is 0 Å². The molecule has 2 aromatic carbocycles. The Balaban J connectivity index is 1.34. The van der Waals surface area contributed by atoms with E-state index in [0.29, 0.717) is 40.0 Å². The lowest BCUT2D eigenvalue weighted by atomic mass is 10.1. The van der Waals surface area contributed by atoms with Gasteiger partial charge < -0.3 is 14.5 Å². The Labute approximate surface area is 180 Å². The minimum absolute atomic E-state index is 0.148. The normalized spacial score (nSPS) is 10.8. The molecule has 6 nitrogen and oxygen atoms in total. The van der Waals surface area contributed by atoms with E-state index < -0.39 is 5.82 Å². The zero-order valence-corrected chi connectivity index (χ0v) is 17.2. The topological polar surface area (TPSA) is 77.2 Å².